The third kappa shape index (κ3) is 2.50. The molecule has 1 unspecified atom stereocenters. The van der Waals surface area contributed by atoms with Gasteiger partial charge >= 0.3 is 0 Å². The van der Waals surface area contributed by atoms with Crippen molar-refractivity contribution in [2.75, 3.05) is 0 Å². The molecule has 3 rings (SSSR count). The minimum atomic E-state index is -1.01. The first kappa shape index (κ1) is 14.0. The maximum absolute atomic E-state index is 13.8. The molecule has 0 amide bonds. The first-order valence-corrected chi connectivity index (χ1v) is 6.76. The number of halogens is 3. The van der Waals surface area contributed by atoms with Crippen LogP contribution in [0.5, 0.6) is 0 Å². The summed E-state index contributed by atoms with van der Waals surface area (Å²) in [6.45, 7) is 0. The lowest BCUT2D eigenvalue weighted by Crippen LogP contribution is -2.01. The van der Waals surface area contributed by atoms with Gasteiger partial charge in [-0.3, -0.25) is 0 Å². The van der Waals surface area contributed by atoms with Gasteiger partial charge in [0.1, 0.15) is 17.7 Å². The Labute approximate surface area is 125 Å². The van der Waals surface area contributed by atoms with Gasteiger partial charge in [0.05, 0.1) is 5.02 Å². The smallest absolute Gasteiger partial charge is 0.141 e. The summed E-state index contributed by atoms with van der Waals surface area (Å²) in [4.78, 5) is 0. The fraction of sp³-hybridized carbons (Fsp3) is 0.0588. The molecule has 0 aliphatic carbocycles. The van der Waals surface area contributed by atoms with Crippen molar-refractivity contribution >= 4 is 22.4 Å². The molecule has 0 aliphatic heterocycles. The van der Waals surface area contributed by atoms with Gasteiger partial charge in [0.2, 0.25) is 0 Å². The number of fused-ring (bicyclic) bond motifs is 1. The van der Waals surface area contributed by atoms with Gasteiger partial charge in [-0.25, -0.2) is 8.78 Å². The van der Waals surface area contributed by atoms with Gasteiger partial charge in [0.15, 0.2) is 0 Å². The van der Waals surface area contributed by atoms with E-state index in [1.807, 2.05) is 0 Å². The lowest BCUT2D eigenvalue weighted by atomic mass is 9.95. The first-order chi connectivity index (χ1) is 10.1. The van der Waals surface area contributed by atoms with E-state index in [1.54, 1.807) is 24.3 Å². The third-order valence-electron chi connectivity index (χ3n) is 3.46. The summed E-state index contributed by atoms with van der Waals surface area (Å²) >= 11 is 5.74. The molecule has 4 heteroatoms. The topological polar surface area (TPSA) is 20.2 Å². The minimum absolute atomic E-state index is 0.0574. The van der Waals surface area contributed by atoms with Crippen LogP contribution in [0.15, 0.2) is 54.6 Å². The highest BCUT2D eigenvalue weighted by Gasteiger charge is 2.16. The van der Waals surface area contributed by atoms with E-state index in [-0.39, 0.29) is 10.8 Å². The number of hydrogen-bond acceptors (Lipinski definition) is 1. The zero-order valence-corrected chi connectivity index (χ0v) is 11.6. The van der Waals surface area contributed by atoms with Gasteiger partial charge in [-0.1, -0.05) is 48.0 Å². The summed E-state index contributed by atoms with van der Waals surface area (Å²) in [5.41, 5.74) is 1.01. The van der Waals surface area contributed by atoms with Gasteiger partial charge in [-0.15, -0.1) is 0 Å². The van der Waals surface area contributed by atoms with Gasteiger partial charge in [0.25, 0.3) is 0 Å². The molecular formula is C17H11ClF2O. The molecule has 0 aliphatic rings. The fourth-order valence-corrected chi connectivity index (χ4v) is 2.58. The summed E-state index contributed by atoms with van der Waals surface area (Å²) < 4.78 is 27.0. The molecule has 1 N–H and O–H groups in total. The predicted octanol–water partition coefficient (Wildman–Crippen LogP) is 4.85. The molecule has 0 radical (unpaired) electrons. The van der Waals surface area contributed by atoms with Gasteiger partial charge in [-0.2, -0.15) is 0 Å². The van der Waals surface area contributed by atoms with Crippen LogP contribution in [-0.2, 0) is 0 Å². The van der Waals surface area contributed by atoms with Crippen LogP contribution in [0.2, 0.25) is 5.02 Å². The van der Waals surface area contributed by atoms with Crippen LogP contribution in [0, 0.1) is 11.6 Å². The molecule has 0 fully saturated rings. The van der Waals surface area contributed by atoms with Gasteiger partial charge < -0.3 is 5.11 Å². The van der Waals surface area contributed by atoms with Crippen molar-refractivity contribution in [2.24, 2.45) is 0 Å². The van der Waals surface area contributed by atoms with Crippen molar-refractivity contribution in [3.8, 4) is 0 Å². The van der Waals surface area contributed by atoms with Crippen LogP contribution in [0.1, 0.15) is 17.2 Å². The average molecular weight is 305 g/mol. The Bertz CT molecular complexity index is 817. The van der Waals surface area contributed by atoms with Crippen LogP contribution in [0.25, 0.3) is 10.8 Å². The van der Waals surface area contributed by atoms with Crippen LogP contribution in [-0.4, -0.2) is 5.11 Å². The van der Waals surface area contributed by atoms with E-state index in [9.17, 15) is 13.9 Å². The molecule has 0 saturated heterocycles. The maximum atomic E-state index is 13.8. The van der Waals surface area contributed by atoms with Gasteiger partial charge in [0, 0.05) is 5.39 Å². The third-order valence-corrected chi connectivity index (χ3v) is 3.75. The van der Waals surface area contributed by atoms with Crippen LogP contribution < -0.4 is 0 Å². The predicted molar refractivity (Wildman–Crippen MR) is 79.4 cm³/mol. The standard InChI is InChI=1S/C17H11ClF2O/c18-14-9-10(5-7-16(14)20)17(21)13-6-8-15(19)12-4-2-1-3-11(12)13/h1-9,17,21H. The summed E-state index contributed by atoms with van der Waals surface area (Å²) in [6.07, 6.45) is -1.01. The Morgan fingerprint density at radius 3 is 2.24 bits per heavy atom. The zero-order chi connectivity index (χ0) is 15.0. The van der Waals surface area contributed by atoms with E-state index >= 15 is 0 Å². The second kappa shape index (κ2) is 5.43. The maximum Gasteiger partial charge on any atom is 0.141 e. The highest BCUT2D eigenvalue weighted by molar-refractivity contribution is 6.30. The molecule has 3 aromatic rings. The highest BCUT2D eigenvalue weighted by Crippen LogP contribution is 2.31. The second-order valence-electron chi connectivity index (χ2n) is 4.76. The molecule has 1 nitrogen and oxygen atoms in total. The van der Waals surface area contributed by atoms with Crippen LogP contribution >= 0.6 is 11.6 Å². The van der Waals surface area contributed by atoms with Crippen molar-refractivity contribution in [1.82, 2.24) is 0 Å². The van der Waals surface area contributed by atoms with Crippen molar-refractivity contribution < 1.29 is 13.9 Å². The largest absolute Gasteiger partial charge is 0.384 e. The molecule has 0 aromatic heterocycles. The second-order valence-corrected chi connectivity index (χ2v) is 5.17. The van der Waals surface area contributed by atoms with E-state index in [4.69, 9.17) is 11.6 Å². The van der Waals surface area contributed by atoms with Crippen molar-refractivity contribution in [2.45, 2.75) is 6.10 Å². The lowest BCUT2D eigenvalue weighted by molar-refractivity contribution is 0.221. The summed E-state index contributed by atoms with van der Waals surface area (Å²) in [6, 6.07) is 13.8. The Morgan fingerprint density at radius 2 is 1.52 bits per heavy atom. The van der Waals surface area contributed by atoms with E-state index in [1.165, 1.54) is 30.3 Å². The molecule has 0 bridgehead atoms. The van der Waals surface area contributed by atoms with Crippen LogP contribution in [0.3, 0.4) is 0 Å². The summed E-state index contributed by atoms with van der Waals surface area (Å²) in [5.74, 6) is -0.893. The minimum Gasteiger partial charge on any atom is -0.384 e. The van der Waals surface area contributed by atoms with E-state index < -0.39 is 11.9 Å². The molecule has 21 heavy (non-hydrogen) atoms. The van der Waals surface area contributed by atoms with Gasteiger partial charge in [-0.05, 0) is 34.7 Å². The van der Waals surface area contributed by atoms with E-state index in [2.05, 4.69) is 0 Å². The molecular weight excluding hydrogens is 294 g/mol. The molecule has 3 aromatic carbocycles. The van der Waals surface area contributed by atoms with E-state index in [0.717, 1.165) is 0 Å². The molecule has 0 saturated carbocycles. The number of aliphatic hydroxyl groups is 1. The molecule has 0 spiro atoms. The number of rotatable bonds is 2. The van der Waals surface area contributed by atoms with Crippen molar-refractivity contribution in [3.05, 3.63) is 82.4 Å². The number of hydrogen-bond donors (Lipinski definition) is 1. The van der Waals surface area contributed by atoms with E-state index in [0.29, 0.717) is 21.9 Å². The highest BCUT2D eigenvalue weighted by atomic mass is 35.5. The molecule has 106 valence electrons. The van der Waals surface area contributed by atoms with Crippen molar-refractivity contribution in [3.63, 3.8) is 0 Å². The zero-order valence-electron chi connectivity index (χ0n) is 10.9. The monoisotopic (exact) mass is 304 g/mol. The summed E-state index contributed by atoms with van der Waals surface area (Å²) in [7, 11) is 0. The summed E-state index contributed by atoms with van der Waals surface area (Å²) in [5, 5.41) is 11.5. The quantitative estimate of drug-likeness (QED) is 0.717. The van der Waals surface area contributed by atoms with Crippen LogP contribution in [0.4, 0.5) is 8.78 Å². The Balaban J connectivity index is 2.15. The number of benzene rings is 3. The first-order valence-electron chi connectivity index (χ1n) is 6.38. The Morgan fingerprint density at radius 1 is 0.857 bits per heavy atom. The van der Waals surface area contributed by atoms with Crippen molar-refractivity contribution in [1.29, 1.82) is 0 Å². The lowest BCUT2D eigenvalue weighted by Gasteiger charge is -2.15. The SMILES string of the molecule is OC(c1ccc(F)c(Cl)c1)c1ccc(F)c2ccccc12. The Kier molecular flexibility index (Phi) is 3.62. The fourth-order valence-electron chi connectivity index (χ4n) is 2.39. The average Bonchev–Trinajstić information content (AvgIpc) is 2.50. The normalized spacial score (nSPS) is 12.6. The number of aliphatic hydroxyl groups excluding tert-OH is 1. The molecule has 1 atom stereocenters. The molecule has 0 heterocycles. The Hall–Kier alpha value is -1.97.